The molecule has 0 amide bonds. The largest absolute Gasteiger partial charge is 0.481 e. The Morgan fingerprint density at radius 2 is 1.90 bits per heavy atom. The normalized spacial score (nSPS) is 10.3. The molecule has 0 rings (SSSR count). The fourth-order valence-electron chi connectivity index (χ4n) is 0.277. The molecule has 0 aliphatic heterocycles. The van der Waals surface area contributed by atoms with Crippen LogP contribution in [0.15, 0.2) is 0 Å². The van der Waals surface area contributed by atoms with Gasteiger partial charge in [-0.15, -0.1) is 0 Å². The molecule has 62 valence electrons. The van der Waals surface area contributed by atoms with Crippen LogP contribution in [0.25, 0.3) is 0 Å². The number of aliphatic carboxylic acids is 1. The summed E-state index contributed by atoms with van der Waals surface area (Å²) in [5, 5.41) is 16.4. The molecule has 0 aromatic heterocycles. The van der Waals surface area contributed by atoms with E-state index in [0.29, 0.717) is 0 Å². The number of carboxylic acid groups (broad SMARTS) is 1. The first-order chi connectivity index (χ1) is 3.98. The first kappa shape index (κ1) is 12.6. The van der Waals surface area contributed by atoms with E-state index in [-0.39, 0.29) is 5.48 Å². The van der Waals surface area contributed by atoms with Crippen molar-refractivity contribution in [1.29, 1.82) is 0 Å². The van der Waals surface area contributed by atoms with Crippen molar-refractivity contribution < 1.29 is 20.5 Å². The zero-order valence-corrected chi connectivity index (χ0v) is 6.48. The van der Waals surface area contributed by atoms with E-state index in [1.165, 1.54) is 0 Å². The molecule has 0 spiro atoms. The number of aliphatic hydroxyl groups is 1. The van der Waals surface area contributed by atoms with E-state index in [1.54, 1.807) is 0 Å². The van der Waals surface area contributed by atoms with Gasteiger partial charge in [-0.2, -0.15) is 0 Å². The average molecular weight is 191 g/mol. The Bertz CT molecular complexity index is 114. The summed E-state index contributed by atoms with van der Waals surface area (Å²) in [6, 6.07) is 0. The van der Waals surface area contributed by atoms with Crippen LogP contribution in [0, 0.1) is 0 Å². The van der Waals surface area contributed by atoms with Crippen molar-refractivity contribution >= 4 is 29.2 Å². The fraction of sp³-hybridized carbons (Fsp3) is 0.750. The highest BCUT2D eigenvalue weighted by Gasteiger charge is 2.25. The van der Waals surface area contributed by atoms with Crippen molar-refractivity contribution in [2.24, 2.45) is 0 Å². The highest BCUT2D eigenvalue weighted by Crippen LogP contribution is 2.23. The van der Waals surface area contributed by atoms with Crippen LogP contribution in [0.2, 0.25) is 0 Å². The van der Waals surface area contributed by atoms with E-state index in [1.807, 2.05) is 0 Å². The maximum atomic E-state index is 9.89. The molecule has 0 saturated heterocycles. The molecule has 6 heteroatoms. The van der Waals surface area contributed by atoms with Crippen molar-refractivity contribution in [3.05, 3.63) is 0 Å². The molecule has 0 aromatic rings. The Balaban J connectivity index is 0. The molecular formula is C4H8Cl2O4. The molecule has 10 heavy (non-hydrogen) atoms. The molecule has 0 atom stereocenters. The summed E-state index contributed by atoms with van der Waals surface area (Å²) >= 11 is 10.5. The topological polar surface area (TPSA) is 89.0 Å². The Labute approximate surface area is 67.7 Å². The van der Waals surface area contributed by atoms with Crippen molar-refractivity contribution in [2.45, 2.75) is 10.8 Å². The van der Waals surface area contributed by atoms with E-state index >= 15 is 0 Å². The molecule has 4 nitrogen and oxygen atoms in total. The average Bonchev–Trinajstić information content (AvgIpc) is 1.63. The summed E-state index contributed by atoms with van der Waals surface area (Å²) in [7, 11) is 0. The minimum Gasteiger partial charge on any atom is -0.481 e. The van der Waals surface area contributed by atoms with Crippen LogP contribution in [-0.2, 0) is 4.79 Å². The number of hydrogen-bond donors (Lipinski definition) is 2. The van der Waals surface area contributed by atoms with Gasteiger partial charge in [0.25, 0.3) is 0 Å². The van der Waals surface area contributed by atoms with Crippen LogP contribution in [0.3, 0.4) is 0 Å². The number of alkyl halides is 2. The van der Waals surface area contributed by atoms with Gasteiger partial charge in [-0.05, 0) is 0 Å². The Hall–Kier alpha value is -0.0300. The lowest BCUT2D eigenvalue weighted by atomic mass is 10.3. The van der Waals surface area contributed by atoms with Gasteiger partial charge in [0.15, 0.2) is 4.33 Å². The number of hydrogen-bond acceptors (Lipinski definition) is 2. The maximum Gasteiger partial charge on any atom is 0.306 e. The first-order valence-electron chi connectivity index (χ1n) is 2.18. The molecule has 0 radical (unpaired) electrons. The van der Waals surface area contributed by atoms with Gasteiger partial charge in [0.2, 0.25) is 0 Å². The van der Waals surface area contributed by atoms with E-state index in [0.717, 1.165) is 0 Å². The van der Waals surface area contributed by atoms with E-state index in [9.17, 15) is 4.79 Å². The van der Waals surface area contributed by atoms with Crippen molar-refractivity contribution in [3.63, 3.8) is 0 Å². The quantitative estimate of drug-likeness (QED) is 0.605. The predicted octanol–water partition coefficient (Wildman–Crippen LogP) is -0.197. The molecule has 0 aliphatic carbocycles. The molecule has 0 aromatic carbocycles. The zero-order chi connectivity index (χ0) is 7.49. The van der Waals surface area contributed by atoms with Gasteiger partial charge < -0.3 is 15.7 Å². The number of rotatable bonds is 3. The van der Waals surface area contributed by atoms with Gasteiger partial charge in [0, 0.05) is 0 Å². The van der Waals surface area contributed by atoms with E-state index in [4.69, 9.17) is 33.4 Å². The zero-order valence-electron chi connectivity index (χ0n) is 4.97. The lowest BCUT2D eigenvalue weighted by Gasteiger charge is -2.11. The Morgan fingerprint density at radius 1 is 1.50 bits per heavy atom. The summed E-state index contributed by atoms with van der Waals surface area (Å²) in [5.74, 6) is -1.13. The fourth-order valence-corrected chi connectivity index (χ4v) is 0.506. The van der Waals surface area contributed by atoms with Crippen LogP contribution in [-0.4, -0.2) is 32.6 Å². The molecule has 4 N–H and O–H groups in total. The third-order valence-electron chi connectivity index (χ3n) is 0.641. The molecular weight excluding hydrogens is 183 g/mol. The minimum atomic E-state index is -1.54. The van der Waals surface area contributed by atoms with Gasteiger partial charge in [-0.25, -0.2) is 0 Å². The number of aliphatic hydroxyl groups excluding tert-OH is 1. The molecule has 0 fully saturated rings. The number of carboxylic acids is 1. The highest BCUT2D eigenvalue weighted by molar-refractivity contribution is 6.49. The summed E-state index contributed by atoms with van der Waals surface area (Å²) < 4.78 is -1.54. The smallest absolute Gasteiger partial charge is 0.306 e. The molecule has 0 saturated carbocycles. The summed E-state index contributed by atoms with van der Waals surface area (Å²) in [5.41, 5.74) is 0. The highest BCUT2D eigenvalue weighted by atomic mass is 35.5. The lowest BCUT2D eigenvalue weighted by molar-refractivity contribution is -0.137. The van der Waals surface area contributed by atoms with Gasteiger partial charge in [0.1, 0.15) is 0 Å². The minimum absolute atomic E-state index is 0. The Morgan fingerprint density at radius 3 is 2.00 bits per heavy atom. The SMILES string of the molecule is O.O=C(O)CC(Cl)(Cl)CO. The maximum absolute atomic E-state index is 9.89. The summed E-state index contributed by atoms with van der Waals surface area (Å²) in [6.07, 6.45) is -0.452. The van der Waals surface area contributed by atoms with Crippen LogP contribution >= 0.6 is 23.2 Å². The van der Waals surface area contributed by atoms with E-state index < -0.39 is 23.3 Å². The second-order valence-corrected chi connectivity index (χ2v) is 3.23. The molecule has 0 unspecified atom stereocenters. The van der Waals surface area contributed by atoms with Gasteiger partial charge in [-0.3, -0.25) is 4.79 Å². The van der Waals surface area contributed by atoms with Gasteiger partial charge in [0.05, 0.1) is 13.0 Å². The van der Waals surface area contributed by atoms with Crippen molar-refractivity contribution in [1.82, 2.24) is 0 Å². The standard InChI is InChI=1S/C4H6Cl2O3.H2O/c5-4(6,2-7)1-3(8)9;/h7H,1-2H2,(H,8,9);1H2. The van der Waals surface area contributed by atoms with Crippen molar-refractivity contribution in [2.75, 3.05) is 6.61 Å². The summed E-state index contributed by atoms with van der Waals surface area (Å²) in [6.45, 7) is -0.553. The third kappa shape index (κ3) is 6.10. The van der Waals surface area contributed by atoms with Crippen LogP contribution < -0.4 is 0 Å². The van der Waals surface area contributed by atoms with Crippen LogP contribution in [0.1, 0.15) is 6.42 Å². The van der Waals surface area contributed by atoms with Crippen LogP contribution in [0.4, 0.5) is 0 Å². The Kier molecular flexibility index (Phi) is 5.98. The predicted molar refractivity (Wildman–Crippen MR) is 37.4 cm³/mol. The van der Waals surface area contributed by atoms with Crippen molar-refractivity contribution in [3.8, 4) is 0 Å². The number of carbonyl (C=O) groups is 1. The summed E-state index contributed by atoms with van der Waals surface area (Å²) in [4.78, 5) is 9.89. The van der Waals surface area contributed by atoms with E-state index in [2.05, 4.69) is 0 Å². The third-order valence-corrected chi connectivity index (χ3v) is 1.15. The first-order valence-corrected chi connectivity index (χ1v) is 2.94. The van der Waals surface area contributed by atoms with Gasteiger partial charge in [-0.1, -0.05) is 23.2 Å². The monoisotopic (exact) mass is 190 g/mol. The molecule has 0 heterocycles. The number of halogens is 2. The second kappa shape index (κ2) is 4.73. The molecule has 0 aliphatic rings. The lowest BCUT2D eigenvalue weighted by Crippen LogP contribution is -2.22. The second-order valence-electron chi connectivity index (χ2n) is 1.58. The van der Waals surface area contributed by atoms with Gasteiger partial charge >= 0.3 is 5.97 Å². The molecule has 0 bridgehead atoms. The van der Waals surface area contributed by atoms with Crippen LogP contribution in [0.5, 0.6) is 0 Å².